The Morgan fingerprint density at radius 2 is 1.68 bits per heavy atom. The van der Waals surface area contributed by atoms with Crippen molar-refractivity contribution in [1.82, 2.24) is 10.6 Å². The molecule has 8 heteroatoms. The first-order valence-corrected chi connectivity index (χ1v) is 8.61. The summed E-state index contributed by atoms with van der Waals surface area (Å²) in [5, 5.41) is 4.90. The number of primary amides is 1. The summed E-state index contributed by atoms with van der Waals surface area (Å²) >= 11 is 0. The maximum atomic E-state index is 13.9. The highest BCUT2D eigenvalue weighted by atomic mass is 19.1. The fraction of sp³-hybridized carbons (Fsp3) is 0.250. The average molecular weight is 389 g/mol. The van der Waals surface area contributed by atoms with Crippen LogP contribution in [-0.2, 0) is 27.2 Å². The molecule has 2 aromatic carbocycles. The molecule has 0 fully saturated rings. The molecule has 0 aliphatic rings. The lowest BCUT2D eigenvalue weighted by molar-refractivity contribution is -0.130. The molecule has 4 N–H and O–H groups in total. The van der Waals surface area contributed by atoms with E-state index in [2.05, 4.69) is 10.6 Å². The van der Waals surface area contributed by atoms with Crippen molar-refractivity contribution in [3.63, 3.8) is 0 Å². The van der Waals surface area contributed by atoms with Gasteiger partial charge in [-0.25, -0.2) is 8.78 Å². The molecule has 2 rings (SSSR count). The van der Waals surface area contributed by atoms with Crippen LogP contribution in [0.25, 0.3) is 0 Å². The number of rotatable bonds is 8. The van der Waals surface area contributed by atoms with E-state index < -0.39 is 41.4 Å². The SMILES string of the molecule is CC(=O)N[C@@H](Cc1ccccc1F)C(=O)N[C@H](Cc1cccc(F)c1)C(N)=O. The van der Waals surface area contributed by atoms with Crippen LogP contribution in [0.15, 0.2) is 48.5 Å². The molecule has 6 nitrogen and oxygen atoms in total. The molecule has 2 atom stereocenters. The maximum Gasteiger partial charge on any atom is 0.243 e. The minimum Gasteiger partial charge on any atom is -0.368 e. The summed E-state index contributed by atoms with van der Waals surface area (Å²) in [7, 11) is 0. The highest BCUT2D eigenvalue weighted by Gasteiger charge is 2.26. The lowest BCUT2D eigenvalue weighted by Gasteiger charge is -2.22. The topological polar surface area (TPSA) is 101 Å². The van der Waals surface area contributed by atoms with Crippen molar-refractivity contribution in [3.8, 4) is 0 Å². The first kappa shape index (κ1) is 21.0. The van der Waals surface area contributed by atoms with Gasteiger partial charge in [-0.15, -0.1) is 0 Å². The van der Waals surface area contributed by atoms with Crippen LogP contribution in [0.1, 0.15) is 18.1 Å². The third-order valence-electron chi connectivity index (χ3n) is 4.06. The zero-order chi connectivity index (χ0) is 20.7. The third kappa shape index (κ3) is 6.15. The Bertz CT molecular complexity index is 873. The molecule has 3 amide bonds. The smallest absolute Gasteiger partial charge is 0.243 e. The van der Waals surface area contributed by atoms with Gasteiger partial charge in [0.1, 0.15) is 23.7 Å². The zero-order valence-electron chi connectivity index (χ0n) is 15.2. The second kappa shape index (κ2) is 9.59. The van der Waals surface area contributed by atoms with E-state index in [1.807, 2.05) is 0 Å². The van der Waals surface area contributed by atoms with E-state index in [-0.39, 0.29) is 18.4 Å². The van der Waals surface area contributed by atoms with Gasteiger partial charge in [-0.2, -0.15) is 0 Å². The first-order chi connectivity index (χ1) is 13.3. The van der Waals surface area contributed by atoms with Gasteiger partial charge >= 0.3 is 0 Å². The van der Waals surface area contributed by atoms with E-state index in [9.17, 15) is 23.2 Å². The molecule has 0 heterocycles. The van der Waals surface area contributed by atoms with Crippen molar-refractivity contribution in [2.75, 3.05) is 0 Å². The number of nitrogens with two attached hydrogens (primary N) is 1. The zero-order valence-corrected chi connectivity index (χ0v) is 15.2. The first-order valence-electron chi connectivity index (χ1n) is 8.61. The molecule has 0 aliphatic heterocycles. The molecule has 0 saturated heterocycles. The van der Waals surface area contributed by atoms with Crippen LogP contribution in [0.2, 0.25) is 0 Å². The Morgan fingerprint density at radius 3 is 2.29 bits per heavy atom. The molecule has 28 heavy (non-hydrogen) atoms. The van der Waals surface area contributed by atoms with E-state index >= 15 is 0 Å². The van der Waals surface area contributed by atoms with Crippen LogP contribution < -0.4 is 16.4 Å². The standard InChI is InChI=1S/C20H21F2N3O3/c1-12(26)24-18(11-14-6-2-3-8-16(14)22)20(28)25-17(19(23)27)10-13-5-4-7-15(21)9-13/h2-9,17-18H,10-11H2,1H3,(H2,23,27)(H,24,26)(H,25,28)/t17-,18+/m1/s1. The lowest BCUT2D eigenvalue weighted by atomic mass is 10.0. The maximum absolute atomic E-state index is 13.9. The summed E-state index contributed by atoms with van der Waals surface area (Å²) in [6, 6.07) is 9.18. The van der Waals surface area contributed by atoms with Crippen molar-refractivity contribution in [2.45, 2.75) is 31.8 Å². The Balaban J connectivity index is 2.15. The molecule has 148 valence electrons. The normalized spacial score (nSPS) is 12.7. The molecule has 2 aromatic rings. The predicted molar refractivity (Wildman–Crippen MR) is 98.9 cm³/mol. The monoisotopic (exact) mass is 389 g/mol. The summed E-state index contributed by atoms with van der Waals surface area (Å²) < 4.78 is 27.3. The molecule has 0 aromatic heterocycles. The molecular formula is C20H21F2N3O3. The van der Waals surface area contributed by atoms with Gasteiger partial charge < -0.3 is 16.4 Å². The van der Waals surface area contributed by atoms with Crippen LogP contribution in [0.5, 0.6) is 0 Å². The molecule has 0 aliphatic carbocycles. The van der Waals surface area contributed by atoms with Crippen LogP contribution in [-0.4, -0.2) is 29.8 Å². The van der Waals surface area contributed by atoms with Crippen molar-refractivity contribution in [2.24, 2.45) is 5.73 Å². The highest BCUT2D eigenvalue weighted by Crippen LogP contribution is 2.11. The van der Waals surface area contributed by atoms with Gasteiger partial charge in [0.05, 0.1) is 0 Å². The van der Waals surface area contributed by atoms with Crippen LogP contribution >= 0.6 is 0 Å². The molecular weight excluding hydrogens is 368 g/mol. The number of carbonyl (C=O) groups is 3. The quantitative estimate of drug-likeness (QED) is 0.633. The van der Waals surface area contributed by atoms with E-state index in [0.717, 1.165) is 0 Å². The van der Waals surface area contributed by atoms with Gasteiger partial charge in [0.25, 0.3) is 0 Å². The summed E-state index contributed by atoms with van der Waals surface area (Å²) in [5.41, 5.74) is 6.05. The number of nitrogens with one attached hydrogen (secondary N) is 2. The summed E-state index contributed by atoms with van der Waals surface area (Å²) in [4.78, 5) is 35.8. The van der Waals surface area contributed by atoms with Crippen LogP contribution in [0.3, 0.4) is 0 Å². The van der Waals surface area contributed by atoms with Crippen molar-refractivity contribution in [3.05, 3.63) is 71.3 Å². The number of carbonyl (C=O) groups excluding carboxylic acids is 3. The molecule has 0 radical (unpaired) electrons. The molecule has 0 saturated carbocycles. The van der Waals surface area contributed by atoms with Gasteiger partial charge in [-0.1, -0.05) is 30.3 Å². The Labute approximate surface area is 161 Å². The Hall–Kier alpha value is -3.29. The van der Waals surface area contributed by atoms with Crippen molar-refractivity contribution >= 4 is 17.7 Å². The summed E-state index contributed by atoms with van der Waals surface area (Å²) in [6.45, 7) is 1.22. The van der Waals surface area contributed by atoms with Gasteiger partial charge in [0.15, 0.2) is 0 Å². The predicted octanol–water partition coefficient (Wildman–Crippen LogP) is 1.22. The van der Waals surface area contributed by atoms with Gasteiger partial charge in [-0.05, 0) is 29.3 Å². The number of amides is 3. The fourth-order valence-electron chi connectivity index (χ4n) is 2.73. The second-order valence-electron chi connectivity index (χ2n) is 6.35. The average Bonchev–Trinajstić information content (AvgIpc) is 2.62. The van der Waals surface area contributed by atoms with E-state index in [4.69, 9.17) is 5.73 Å². The van der Waals surface area contributed by atoms with Gasteiger partial charge in [0, 0.05) is 19.8 Å². The second-order valence-corrected chi connectivity index (χ2v) is 6.35. The number of hydrogen-bond donors (Lipinski definition) is 3. The number of halogens is 2. The lowest BCUT2D eigenvalue weighted by Crippen LogP contribution is -2.54. The van der Waals surface area contributed by atoms with Gasteiger partial charge in [0.2, 0.25) is 17.7 Å². The number of hydrogen-bond acceptors (Lipinski definition) is 3. The van der Waals surface area contributed by atoms with E-state index in [1.54, 1.807) is 12.1 Å². The molecule has 0 bridgehead atoms. The summed E-state index contributed by atoms with van der Waals surface area (Å²) in [5.74, 6) is -3.00. The Kier molecular flexibility index (Phi) is 7.20. The van der Waals surface area contributed by atoms with Crippen LogP contribution in [0.4, 0.5) is 8.78 Å². The van der Waals surface area contributed by atoms with E-state index in [1.165, 1.54) is 43.3 Å². The third-order valence-corrected chi connectivity index (χ3v) is 4.06. The highest BCUT2D eigenvalue weighted by molar-refractivity contribution is 5.91. The number of benzene rings is 2. The Morgan fingerprint density at radius 1 is 0.964 bits per heavy atom. The minimum atomic E-state index is -1.12. The summed E-state index contributed by atoms with van der Waals surface area (Å²) in [6.07, 6.45) is -0.130. The van der Waals surface area contributed by atoms with Gasteiger partial charge in [-0.3, -0.25) is 14.4 Å². The largest absolute Gasteiger partial charge is 0.368 e. The fourth-order valence-corrected chi connectivity index (χ4v) is 2.73. The van der Waals surface area contributed by atoms with E-state index in [0.29, 0.717) is 5.56 Å². The molecule has 0 unspecified atom stereocenters. The van der Waals surface area contributed by atoms with Crippen LogP contribution in [0, 0.1) is 11.6 Å². The van der Waals surface area contributed by atoms with Crippen molar-refractivity contribution in [1.29, 1.82) is 0 Å². The minimum absolute atomic E-state index is 0.0225. The molecule has 0 spiro atoms. The van der Waals surface area contributed by atoms with Crippen molar-refractivity contribution < 1.29 is 23.2 Å².